The van der Waals surface area contributed by atoms with Crippen molar-refractivity contribution in [1.82, 2.24) is 14.1 Å². The number of hydrogen-bond acceptors (Lipinski definition) is 6. The average molecular weight is 422 g/mol. The predicted molar refractivity (Wildman–Crippen MR) is 96.8 cm³/mol. The minimum atomic E-state index is -3.59. The van der Waals surface area contributed by atoms with Crippen LogP contribution < -0.4 is 0 Å². The zero-order valence-corrected chi connectivity index (χ0v) is 16.6. The second-order valence-electron chi connectivity index (χ2n) is 6.11. The Hall–Kier alpha value is -1.36. The molecule has 3 heterocycles. The molecule has 2 amide bonds. The Labute approximate surface area is 161 Å². The summed E-state index contributed by atoms with van der Waals surface area (Å²) in [7, 11) is -2.30. The second-order valence-corrected chi connectivity index (χ2v) is 9.99. The fourth-order valence-electron chi connectivity index (χ4n) is 3.28. The number of carbonyl (C=O) groups is 2. The summed E-state index contributed by atoms with van der Waals surface area (Å²) >= 11 is 6.85. The van der Waals surface area contributed by atoms with E-state index in [1.807, 2.05) is 0 Å². The number of piperazine rings is 1. The van der Waals surface area contributed by atoms with Gasteiger partial charge in [-0.05, 0) is 25.0 Å². The molecule has 3 rings (SSSR count). The number of halogens is 1. The van der Waals surface area contributed by atoms with E-state index in [-0.39, 0.29) is 23.2 Å². The molecule has 0 N–H and O–H groups in total. The summed E-state index contributed by atoms with van der Waals surface area (Å²) in [5, 5.41) is 0. The van der Waals surface area contributed by atoms with Gasteiger partial charge in [0.2, 0.25) is 5.91 Å². The molecule has 2 saturated heterocycles. The van der Waals surface area contributed by atoms with E-state index in [9.17, 15) is 18.0 Å². The van der Waals surface area contributed by atoms with Gasteiger partial charge < -0.3 is 9.64 Å². The number of carbonyl (C=O) groups excluding carboxylic acids is 2. The minimum absolute atomic E-state index is 0.149. The maximum absolute atomic E-state index is 12.8. The first-order valence-corrected chi connectivity index (χ1v) is 10.9. The number of methoxy groups -OCH3 is 1. The third-order valence-corrected chi connectivity index (χ3v) is 8.24. The van der Waals surface area contributed by atoms with Crippen molar-refractivity contribution < 1.29 is 22.7 Å². The van der Waals surface area contributed by atoms with E-state index in [1.54, 1.807) is 11.0 Å². The lowest BCUT2D eigenvalue weighted by Gasteiger charge is -2.36. The van der Waals surface area contributed by atoms with Crippen LogP contribution >= 0.6 is 22.9 Å². The van der Waals surface area contributed by atoms with E-state index < -0.39 is 22.2 Å². The lowest BCUT2D eigenvalue weighted by Crippen LogP contribution is -2.55. The lowest BCUT2D eigenvalue weighted by atomic mass is 10.2. The molecule has 1 unspecified atom stereocenters. The van der Waals surface area contributed by atoms with Gasteiger partial charge in [0, 0.05) is 32.7 Å². The standard InChI is InChI=1S/C15H20ClN3O5S2/c1-24-15(21)19-6-2-3-11(19)14(20)17-7-9-18(10-8-17)26(22,23)13-5-4-12(16)25-13/h4-5,11H,2-3,6-10H2,1H3. The fraction of sp³-hybridized carbons (Fsp3) is 0.600. The third-order valence-electron chi connectivity index (χ3n) is 4.64. The molecule has 1 aromatic heterocycles. The molecular weight excluding hydrogens is 402 g/mol. The number of sulfonamides is 1. The van der Waals surface area contributed by atoms with Gasteiger partial charge in [-0.3, -0.25) is 9.69 Å². The van der Waals surface area contributed by atoms with Crippen LogP contribution in [0.1, 0.15) is 12.8 Å². The molecule has 0 aliphatic carbocycles. The number of hydrogen-bond donors (Lipinski definition) is 0. The number of nitrogens with zero attached hydrogens (tertiary/aromatic N) is 3. The van der Waals surface area contributed by atoms with Crippen LogP contribution in [0.5, 0.6) is 0 Å². The highest BCUT2D eigenvalue weighted by atomic mass is 35.5. The highest BCUT2D eigenvalue weighted by Crippen LogP contribution is 2.29. The van der Waals surface area contributed by atoms with Crippen LogP contribution in [0.4, 0.5) is 4.79 Å². The number of ether oxygens (including phenoxy) is 1. The topological polar surface area (TPSA) is 87.2 Å². The SMILES string of the molecule is COC(=O)N1CCCC1C(=O)N1CCN(S(=O)(=O)c2ccc(Cl)s2)CC1. The number of likely N-dealkylation sites (tertiary alicyclic amines) is 1. The molecule has 2 aliphatic rings. The van der Waals surface area contributed by atoms with Gasteiger partial charge in [0.25, 0.3) is 10.0 Å². The van der Waals surface area contributed by atoms with E-state index in [0.29, 0.717) is 30.4 Å². The smallest absolute Gasteiger partial charge is 0.410 e. The molecule has 1 atom stereocenters. The van der Waals surface area contributed by atoms with Crippen LogP contribution in [0.15, 0.2) is 16.3 Å². The molecule has 26 heavy (non-hydrogen) atoms. The highest BCUT2D eigenvalue weighted by Gasteiger charge is 2.39. The Morgan fingerprint density at radius 2 is 1.88 bits per heavy atom. The van der Waals surface area contributed by atoms with Gasteiger partial charge in [0.15, 0.2) is 0 Å². The molecular formula is C15H20ClN3O5S2. The number of thiophene rings is 1. The summed E-state index contributed by atoms with van der Waals surface area (Å²) in [5.74, 6) is -0.149. The molecule has 0 radical (unpaired) electrons. The molecule has 144 valence electrons. The summed E-state index contributed by atoms with van der Waals surface area (Å²) in [4.78, 5) is 27.6. The molecule has 11 heteroatoms. The van der Waals surface area contributed by atoms with Crippen LogP contribution in [0.2, 0.25) is 4.34 Å². The van der Waals surface area contributed by atoms with Gasteiger partial charge in [-0.2, -0.15) is 4.31 Å². The largest absolute Gasteiger partial charge is 0.453 e. The van der Waals surface area contributed by atoms with E-state index in [0.717, 1.165) is 17.8 Å². The first-order valence-electron chi connectivity index (χ1n) is 8.23. The summed E-state index contributed by atoms with van der Waals surface area (Å²) in [6.45, 7) is 1.52. The van der Waals surface area contributed by atoms with Gasteiger partial charge in [-0.15, -0.1) is 11.3 Å². The Kier molecular flexibility index (Phi) is 5.75. The Morgan fingerprint density at radius 1 is 1.19 bits per heavy atom. The third kappa shape index (κ3) is 3.68. The van der Waals surface area contributed by atoms with Crippen molar-refractivity contribution in [2.24, 2.45) is 0 Å². The molecule has 2 aliphatic heterocycles. The van der Waals surface area contributed by atoms with Crippen molar-refractivity contribution in [3.63, 3.8) is 0 Å². The Balaban J connectivity index is 1.63. The van der Waals surface area contributed by atoms with Crippen molar-refractivity contribution in [3.05, 3.63) is 16.5 Å². The van der Waals surface area contributed by atoms with E-state index >= 15 is 0 Å². The molecule has 0 bridgehead atoms. The zero-order valence-electron chi connectivity index (χ0n) is 14.3. The van der Waals surface area contributed by atoms with Crippen LogP contribution in [0, 0.1) is 0 Å². The summed E-state index contributed by atoms with van der Waals surface area (Å²) < 4.78 is 32.0. The molecule has 8 nitrogen and oxygen atoms in total. The summed E-state index contributed by atoms with van der Waals surface area (Å²) in [6.07, 6.45) is 0.843. The van der Waals surface area contributed by atoms with E-state index in [1.165, 1.54) is 22.4 Å². The number of rotatable bonds is 3. The van der Waals surface area contributed by atoms with E-state index in [2.05, 4.69) is 0 Å². The molecule has 1 aromatic rings. The van der Waals surface area contributed by atoms with Crippen molar-refractivity contribution in [1.29, 1.82) is 0 Å². The van der Waals surface area contributed by atoms with Crippen LogP contribution in [-0.2, 0) is 19.6 Å². The molecule has 0 aromatic carbocycles. The first-order chi connectivity index (χ1) is 12.3. The quantitative estimate of drug-likeness (QED) is 0.737. The normalized spacial score (nSPS) is 21.8. The van der Waals surface area contributed by atoms with Crippen molar-refractivity contribution >= 4 is 45.0 Å². The minimum Gasteiger partial charge on any atom is -0.453 e. The van der Waals surface area contributed by atoms with Crippen molar-refractivity contribution in [2.45, 2.75) is 23.1 Å². The fourth-order valence-corrected chi connectivity index (χ4v) is 6.34. The maximum Gasteiger partial charge on any atom is 0.410 e. The predicted octanol–water partition coefficient (Wildman–Crippen LogP) is 1.47. The molecule has 0 spiro atoms. The summed E-state index contributed by atoms with van der Waals surface area (Å²) in [6, 6.07) is 2.52. The highest BCUT2D eigenvalue weighted by molar-refractivity contribution is 7.91. The van der Waals surface area contributed by atoms with Gasteiger partial charge in [-0.25, -0.2) is 13.2 Å². The Bertz CT molecular complexity index is 789. The Morgan fingerprint density at radius 3 is 2.46 bits per heavy atom. The van der Waals surface area contributed by atoms with Crippen LogP contribution in [0.25, 0.3) is 0 Å². The van der Waals surface area contributed by atoms with Crippen LogP contribution in [0.3, 0.4) is 0 Å². The zero-order chi connectivity index (χ0) is 18.9. The van der Waals surface area contributed by atoms with Crippen molar-refractivity contribution in [3.8, 4) is 0 Å². The van der Waals surface area contributed by atoms with E-state index in [4.69, 9.17) is 16.3 Å². The maximum atomic E-state index is 12.8. The monoisotopic (exact) mass is 421 g/mol. The second kappa shape index (κ2) is 7.71. The average Bonchev–Trinajstić information content (AvgIpc) is 3.30. The van der Waals surface area contributed by atoms with Gasteiger partial charge >= 0.3 is 6.09 Å². The van der Waals surface area contributed by atoms with Gasteiger partial charge in [0.1, 0.15) is 10.3 Å². The van der Waals surface area contributed by atoms with Crippen molar-refractivity contribution in [2.75, 3.05) is 39.8 Å². The van der Waals surface area contributed by atoms with Crippen LogP contribution in [-0.4, -0.2) is 80.4 Å². The molecule has 2 fully saturated rings. The molecule has 0 saturated carbocycles. The number of amides is 2. The lowest BCUT2D eigenvalue weighted by molar-refractivity contribution is -0.136. The van der Waals surface area contributed by atoms with Gasteiger partial charge in [-0.1, -0.05) is 11.6 Å². The van der Waals surface area contributed by atoms with Gasteiger partial charge in [0.05, 0.1) is 11.4 Å². The summed E-state index contributed by atoms with van der Waals surface area (Å²) in [5.41, 5.74) is 0. The first kappa shape index (κ1) is 19.4.